The van der Waals surface area contributed by atoms with E-state index in [2.05, 4.69) is 20.8 Å². The molecule has 0 amide bonds. The Morgan fingerprint density at radius 1 is 0.840 bits per heavy atom. The van der Waals surface area contributed by atoms with E-state index in [1.807, 2.05) is 0 Å². The zero-order valence-corrected chi connectivity index (χ0v) is 17.5. The van der Waals surface area contributed by atoms with Gasteiger partial charge in [-0.3, -0.25) is 0 Å². The Morgan fingerprint density at radius 3 is 2.08 bits per heavy atom. The smallest absolute Gasteiger partial charge is 0.0204 e. The van der Waals surface area contributed by atoms with Gasteiger partial charge in [0.05, 0.1) is 0 Å². The Hall–Kier alpha value is 0. The SMILES string of the molecule is CCCCC1(C2CC(C3CCC3)C2(CCC)C2CC(CC)C2)CCC1. The van der Waals surface area contributed by atoms with Crippen LogP contribution in [0.3, 0.4) is 0 Å². The standard InChI is InChI=1S/C25H44/c1-4-7-13-24(14-9-15-24)23-18-22(20-10-8-11-20)25(23,12-5-2)21-16-19(6-3)17-21/h19-23H,4-18H2,1-3H3. The fourth-order valence-electron chi connectivity index (χ4n) is 8.11. The van der Waals surface area contributed by atoms with Crippen LogP contribution in [-0.2, 0) is 0 Å². The Bertz CT molecular complexity index is 437. The second-order valence-electron chi connectivity index (χ2n) is 10.7. The lowest BCUT2D eigenvalue weighted by atomic mass is 9.32. The maximum Gasteiger partial charge on any atom is -0.0204 e. The van der Waals surface area contributed by atoms with E-state index in [0.717, 1.165) is 40.4 Å². The van der Waals surface area contributed by atoms with E-state index in [0.29, 0.717) is 0 Å². The third-order valence-electron chi connectivity index (χ3n) is 9.92. The minimum absolute atomic E-state index is 0.791. The summed E-state index contributed by atoms with van der Waals surface area (Å²) in [5, 5.41) is 0. The highest BCUT2D eigenvalue weighted by Gasteiger charge is 2.67. The molecule has 0 heteroatoms. The summed E-state index contributed by atoms with van der Waals surface area (Å²) in [5.74, 6) is 5.57. The number of unbranched alkanes of at least 4 members (excludes halogenated alkanes) is 1. The van der Waals surface area contributed by atoms with Crippen molar-refractivity contribution in [2.75, 3.05) is 0 Å². The Balaban J connectivity index is 1.58. The molecule has 25 heavy (non-hydrogen) atoms. The normalized spacial score (nSPS) is 42.8. The summed E-state index contributed by atoms with van der Waals surface area (Å²) in [5.41, 5.74) is 1.59. The zero-order valence-electron chi connectivity index (χ0n) is 17.5. The maximum atomic E-state index is 2.49. The molecular weight excluding hydrogens is 300 g/mol. The average Bonchev–Trinajstić information content (AvgIpc) is 2.48. The monoisotopic (exact) mass is 344 g/mol. The van der Waals surface area contributed by atoms with E-state index in [4.69, 9.17) is 0 Å². The van der Waals surface area contributed by atoms with Crippen LogP contribution in [0.15, 0.2) is 0 Å². The van der Waals surface area contributed by atoms with Crippen molar-refractivity contribution in [2.45, 2.75) is 117 Å². The summed E-state index contributed by atoms with van der Waals surface area (Å²) in [6.45, 7) is 7.33. The van der Waals surface area contributed by atoms with Crippen LogP contribution in [0.4, 0.5) is 0 Å². The third kappa shape index (κ3) is 2.75. The topological polar surface area (TPSA) is 0 Å². The van der Waals surface area contributed by atoms with E-state index in [1.165, 1.54) is 32.1 Å². The minimum Gasteiger partial charge on any atom is -0.0654 e. The first-order valence-electron chi connectivity index (χ1n) is 12.2. The van der Waals surface area contributed by atoms with Crippen molar-refractivity contribution in [1.29, 1.82) is 0 Å². The van der Waals surface area contributed by atoms with Crippen molar-refractivity contribution in [1.82, 2.24) is 0 Å². The van der Waals surface area contributed by atoms with Gasteiger partial charge in [-0.2, -0.15) is 0 Å². The minimum atomic E-state index is 0.791. The molecule has 3 atom stereocenters. The molecule has 144 valence electrons. The van der Waals surface area contributed by atoms with Crippen LogP contribution in [0.1, 0.15) is 117 Å². The van der Waals surface area contributed by atoms with Crippen molar-refractivity contribution >= 4 is 0 Å². The van der Waals surface area contributed by atoms with Crippen LogP contribution in [-0.4, -0.2) is 0 Å². The molecule has 4 saturated carbocycles. The summed E-state index contributed by atoms with van der Waals surface area (Å²) in [6, 6.07) is 0. The van der Waals surface area contributed by atoms with Gasteiger partial charge in [-0.05, 0) is 85.4 Å². The molecule has 4 rings (SSSR count). The van der Waals surface area contributed by atoms with Crippen molar-refractivity contribution in [2.24, 2.45) is 40.4 Å². The summed E-state index contributed by atoms with van der Waals surface area (Å²) in [7, 11) is 0. The molecule has 0 heterocycles. The number of rotatable bonds is 9. The molecule has 0 aliphatic heterocycles. The molecule has 0 aromatic carbocycles. The van der Waals surface area contributed by atoms with Crippen molar-refractivity contribution in [3.63, 3.8) is 0 Å². The first-order valence-corrected chi connectivity index (χ1v) is 12.2. The number of hydrogen-bond donors (Lipinski definition) is 0. The molecule has 0 radical (unpaired) electrons. The van der Waals surface area contributed by atoms with Gasteiger partial charge in [0.15, 0.2) is 0 Å². The van der Waals surface area contributed by atoms with E-state index < -0.39 is 0 Å². The Labute approximate surface area is 157 Å². The van der Waals surface area contributed by atoms with Crippen LogP contribution < -0.4 is 0 Å². The van der Waals surface area contributed by atoms with E-state index >= 15 is 0 Å². The first-order chi connectivity index (χ1) is 12.2. The fraction of sp³-hybridized carbons (Fsp3) is 1.00. The van der Waals surface area contributed by atoms with Gasteiger partial charge < -0.3 is 0 Å². The van der Waals surface area contributed by atoms with Crippen molar-refractivity contribution < 1.29 is 0 Å². The van der Waals surface area contributed by atoms with Gasteiger partial charge in [0.25, 0.3) is 0 Å². The molecule has 4 fully saturated rings. The van der Waals surface area contributed by atoms with Gasteiger partial charge in [0.2, 0.25) is 0 Å². The Kier molecular flexibility index (Phi) is 5.29. The largest absolute Gasteiger partial charge is 0.0654 e. The zero-order chi connectivity index (χ0) is 17.5. The number of hydrogen-bond acceptors (Lipinski definition) is 0. The van der Waals surface area contributed by atoms with E-state index in [9.17, 15) is 0 Å². The molecule has 4 aliphatic rings. The van der Waals surface area contributed by atoms with Gasteiger partial charge in [-0.1, -0.05) is 72.1 Å². The van der Waals surface area contributed by atoms with Crippen molar-refractivity contribution in [3.8, 4) is 0 Å². The summed E-state index contributed by atoms with van der Waals surface area (Å²) < 4.78 is 0. The second kappa shape index (κ2) is 7.20. The average molecular weight is 345 g/mol. The van der Waals surface area contributed by atoms with Gasteiger partial charge in [-0.25, -0.2) is 0 Å². The fourth-order valence-corrected chi connectivity index (χ4v) is 8.11. The third-order valence-corrected chi connectivity index (χ3v) is 9.92. The predicted octanol–water partition coefficient (Wildman–Crippen LogP) is 8.01. The van der Waals surface area contributed by atoms with Crippen LogP contribution in [0.5, 0.6) is 0 Å². The molecule has 0 aromatic heterocycles. The molecular formula is C25H44. The van der Waals surface area contributed by atoms with Crippen LogP contribution in [0.25, 0.3) is 0 Å². The summed E-state index contributed by atoms with van der Waals surface area (Å²) in [4.78, 5) is 0. The molecule has 4 aliphatic carbocycles. The first kappa shape index (κ1) is 18.4. The van der Waals surface area contributed by atoms with Gasteiger partial charge >= 0.3 is 0 Å². The molecule has 0 spiro atoms. The predicted molar refractivity (Wildman–Crippen MR) is 109 cm³/mol. The lowest BCUT2D eigenvalue weighted by molar-refractivity contribution is -0.238. The van der Waals surface area contributed by atoms with Crippen LogP contribution in [0.2, 0.25) is 0 Å². The molecule has 3 unspecified atom stereocenters. The molecule has 0 bridgehead atoms. The molecule has 0 aromatic rings. The van der Waals surface area contributed by atoms with E-state index in [-0.39, 0.29) is 0 Å². The maximum absolute atomic E-state index is 2.49. The second-order valence-corrected chi connectivity index (χ2v) is 10.7. The molecule has 0 saturated heterocycles. The quantitative estimate of drug-likeness (QED) is 0.397. The highest BCUT2D eigenvalue weighted by Crippen LogP contribution is 2.75. The van der Waals surface area contributed by atoms with Gasteiger partial charge in [-0.15, -0.1) is 0 Å². The van der Waals surface area contributed by atoms with Gasteiger partial charge in [0.1, 0.15) is 0 Å². The van der Waals surface area contributed by atoms with E-state index in [1.54, 1.807) is 64.2 Å². The van der Waals surface area contributed by atoms with Crippen LogP contribution in [0, 0.1) is 40.4 Å². The highest BCUT2D eigenvalue weighted by atomic mass is 14.7. The lowest BCUT2D eigenvalue weighted by Crippen LogP contribution is -2.65. The molecule has 0 N–H and O–H groups in total. The van der Waals surface area contributed by atoms with Gasteiger partial charge in [0, 0.05) is 0 Å². The summed E-state index contributed by atoms with van der Waals surface area (Å²) in [6.07, 6.45) is 23.2. The Morgan fingerprint density at radius 2 is 1.60 bits per heavy atom. The highest BCUT2D eigenvalue weighted by molar-refractivity contribution is 5.16. The van der Waals surface area contributed by atoms with Crippen LogP contribution >= 0.6 is 0 Å². The molecule has 0 nitrogen and oxygen atoms in total. The summed E-state index contributed by atoms with van der Waals surface area (Å²) >= 11 is 0. The lowest BCUT2D eigenvalue weighted by Gasteiger charge is -2.72. The van der Waals surface area contributed by atoms with Crippen molar-refractivity contribution in [3.05, 3.63) is 0 Å².